The molecule has 1 heteroatoms. The van der Waals surface area contributed by atoms with Crippen molar-refractivity contribution in [1.82, 2.24) is 5.32 Å². The summed E-state index contributed by atoms with van der Waals surface area (Å²) in [6, 6.07) is 0. The lowest BCUT2D eigenvalue weighted by Gasteiger charge is -1.76. The molecule has 1 rings (SSSR count). The fourth-order valence-corrected chi connectivity index (χ4v) is 0.312. The van der Waals surface area contributed by atoms with Crippen molar-refractivity contribution in [3.8, 4) is 0 Å². The molecule has 0 atom stereocenters. The number of hydrogen-bond donors (Lipinski definition) is 1. The van der Waals surface area contributed by atoms with E-state index in [0.717, 1.165) is 0 Å². The zero-order chi connectivity index (χ0) is 7.12. The SMILES string of the molecule is [2H]C1([2H])CNCC1([2H])[2H]. The van der Waals surface area contributed by atoms with E-state index in [9.17, 15) is 0 Å². The molecular formula is C4H9N. The fraction of sp³-hybridized carbons (Fsp3) is 1.00. The van der Waals surface area contributed by atoms with Gasteiger partial charge in [0.1, 0.15) is 0 Å². The minimum Gasteiger partial charge on any atom is -0.317 e. The van der Waals surface area contributed by atoms with E-state index in [1.165, 1.54) is 0 Å². The van der Waals surface area contributed by atoms with Crippen molar-refractivity contribution in [2.75, 3.05) is 13.1 Å². The van der Waals surface area contributed by atoms with Crippen LogP contribution in [0.1, 0.15) is 18.2 Å². The maximum atomic E-state index is 7.12. The van der Waals surface area contributed by atoms with Crippen LogP contribution in [0.3, 0.4) is 0 Å². The first-order valence-electron chi connectivity index (χ1n) is 3.66. The van der Waals surface area contributed by atoms with E-state index in [1.807, 2.05) is 0 Å². The fourth-order valence-electron chi connectivity index (χ4n) is 0.312. The van der Waals surface area contributed by atoms with Gasteiger partial charge in [0.25, 0.3) is 0 Å². The van der Waals surface area contributed by atoms with Gasteiger partial charge in [-0.15, -0.1) is 0 Å². The molecule has 5 heavy (non-hydrogen) atoms. The minimum absolute atomic E-state index is 0.125. The van der Waals surface area contributed by atoms with E-state index in [1.54, 1.807) is 0 Å². The second-order valence-corrected chi connectivity index (χ2v) is 0.957. The van der Waals surface area contributed by atoms with Crippen molar-refractivity contribution in [3.63, 3.8) is 0 Å². The lowest BCUT2D eigenvalue weighted by molar-refractivity contribution is 0.857. The Hall–Kier alpha value is -0.0400. The molecule has 1 nitrogen and oxygen atoms in total. The zero-order valence-electron chi connectivity index (χ0n) is 6.91. The molecule has 1 N–H and O–H groups in total. The first kappa shape index (κ1) is 0.969. The Labute approximate surface area is 38.0 Å². The summed E-state index contributed by atoms with van der Waals surface area (Å²) in [6.07, 6.45) is -3.37. The second-order valence-electron chi connectivity index (χ2n) is 0.957. The summed E-state index contributed by atoms with van der Waals surface area (Å²) in [5, 5.41) is 2.65. The van der Waals surface area contributed by atoms with Crippen molar-refractivity contribution in [2.45, 2.75) is 12.7 Å². The normalized spacial score (nSPS) is 56.0. The van der Waals surface area contributed by atoms with Crippen LogP contribution in [0.15, 0.2) is 0 Å². The number of rotatable bonds is 0. The summed E-state index contributed by atoms with van der Waals surface area (Å²) in [7, 11) is 0. The van der Waals surface area contributed by atoms with Gasteiger partial charge in [0, 0.05) is 5.48 Å². The minimum atomic E-state index is -1.69. The molecule has 30 valence electrons. The smallest absolute Gasteiger partial charge is 0.0280 e. The van der Waals surface area contributed by atoms with E-state index in [-0.39, 0.29) is 13.1 Å². The molecule has 1 fully saturated rings. The molecule has 0 unspecified atom stereocenters. The van der Waals surface area contributed by atoms with E-state index in [2.05, 4.69) is 5.32 Å². The van der Waals surface area contributed by atoms with Crippen LogP contribution < -0.4 is 5.32 Å². The molecule has 0 bridgehead atoms. The van der Waals surface area contributed by atoms with Gasteiger partial charge in [-0.25, -0.2) is 0 Å². The van der Waals surface area contributed by atoms with Crippen molar-refractivity contribution in [3.05, 3.63) is 0 Å². The third kappa shape index (κ3) is 0.618. The van der Waals surface area contributed by atoms with Crippen LogP contribution in [0.5, 0.6) is 0 Å². The number of hydrogen-bond acceptors (Lipinski definition) is 1. The van der Waals surface area contributed by atoms with Crippen molar-refractivity contribution < 1.29 is 5.48 Å². The second kappa shape index (κ2) is 1.41. The van der Waals surface area contributed by atoms with E-state index >= 15 is 0 Å². The van der Waals surface area contributed by atoms with Crippen molar-refractivity contribution in [2.24, 2.45) is 0 Å². The van der Waals surface area contributed by atoms with Gasteiger partial charge in [0.2, 0.25) is 0 Å². The molecular weight excluding hydrogens is 62.1 g/mol. The van der Waals surface area contributed by atoms with Gasteiger partial charge in [-0.2, -0.15) is 0 Å². The Morgan fingerprint density at radius 3 is 2.20 bits per heavy atom. The molecule has 0 amide bonds. The lowest BCUT2D eigenvalue weighted by Crippen LogP contribution is -2.03. The molecule has 1 heterocycles. The zero-order valence-corrected chi connectivity index (χ0v) is 2.91. The molecule has 1 aliphatic heterocycles. The Morgan fingerprint density at radius 2 is 2.00 bits per heavy atom. The Bertz CT molecular complexity index is 108. The third-order valence-electron chi connectivity index (χ3n) is 0.552. The van der Waals surface area contributed by atoms with Crippen molar-refractivity contribution >= 4 is 0 Å². The van der Waals surface area contributed by atoms with Crippen LogP contribution in [0.4, 0.5) is 0 Å². The van der Waals surface area contributed by atoms with Gasteiger partial charge in [-0.05, 0) is 25.8 Å². The Balaban J connectivity index is 2.75. The Kier molecular flexibility index (Phi) is 0.273. The van der Waals surface area contributed by atoms with Crippen LogP contribution in [-0.2, 0) is 0 Å². The van der Waals surface area contributed by atoms with Gasteiger partial charge in [-0.1, -0.05) is 0 Å². The van der Waals surface area contributed by atoms with Crippen LogP contribution in [-0.4, -0.2) is 13.1 Å². The van der Waals surface area contributed by atoms with Gasteiger partial charge >= 0.3 is 0 Å². The van der Waals surface area contributed by atoms with E-state index in [0.29, 0.717) is 0 Å². The van der Waals surface area contributed by atoms with Gasteiger partial charge in [0.05, 0.1) is 0 Å². The number of nitrogens with one attached hydrogen (secondary N) is 1. The van der Waals surface area contributed by atoms with Gasteiger partial charge in [-0.3, -0.25) is 0 Å². The monoisotopic (exact) mass is 75.1 g/mol. The summed E-state index contributed by atoms with van der Waals surface area (Å²) in [5.41, 5.74) is 0. The van der Waals surface area contributed by atoms with E-state index in [4.69, 9.17) is 5.48 Å². The van der Waals surface area contributed by atoms with Crippen LogP contribution >= 0.6 is 0 Å². The third-order valence-corrected chi connectivity index (χ3v) is 0.552. The topological polar surface area (TPSA) is 12.0 Å². The molecule has 0 aromatic carbocycles. The quantitative estimate of drug-likeness (QED) is 0.438. The first-order valence-corrected chi connectivity index (χ1v) is 1.66. The summed E-state index contributed by atoms with van der Waals surface area (Å²) >= 11 is 0. The van der Waals surface area contributed by atoms with Crippen molar-refractivity contribution in [1.29, 1.82) is 0 Å². The molecule has 1 aliphatic rings. The highest BCUT2D eigenvalue weighted by atomic mass is 14.9. The standard InChI is InChI=1S/C4H9N/c1-2-4-5-3-1/h5H,1-4H2/i1D2,2D2. The summed E-state index contributed by atoms with van der Waals surface area (Å²) in [5.74, 6) is 0. The highest BCUT2D eigenvalue weighted by Crippen LogP contribution is 1.90. The summed E-state index contributed by atoms with van der Waals surface area (Å²) in [6.45, 7) is 0.250. The average molecular weight is 75.1 g/mol. The van der Waals surface area contributed by atoms with Crippen LogP contribution in [0.25, 0.3) is 0 Å². The molecule has 0 saturated carbocycles. The van der Waals surface area contributed by atoms with E-state index < -0.39 is 12.7 Å². The first-order chi connectivity index (χ1) is 3.96. The van der Waals surface area contributed by atoms with Gasteiger partial charge < -0.3 is 5.32 Å². The highest BCUT2D eigenvalue weighted by molar-refractivity contribution is 4.55. The maximum absolute atomic E-state index is 7.12. The molecule has 1 saturated heterocycles. The molecule has 0 radical (unpaired) electrons. The summed E-state index contributed by atoms with van der Waals surface area (Å²) in [4.78, 5) is 0. The Morgan fingerprint density at radius 1 is 1.40 bits per heavy atom. The molecule has 0 spiro atoms. The summed E-state index contributed by atoms with van der Waals surface area (Å²) < 4.78 is 28.5. The average Bonchev–Trinajstić information content (AvgIpc) is 1.81. The highest BCUT2D eigenvalue weighted by Gasteiger charge is 1.93. The molecule has 0 aromatic heterocycles. The maximum Gasteiger partial charge on any atom is 0.0280 e. The molecule has 0 aliphatic carbocycles. The lowest BCUT2D eigenvalue weighted by atomic mass is 10.4. The predicted octanol–water partition coefficient (Wildman–Crippen LogP) is 0.370. The predicted molar refractivity (Wildman–Crippen MR) is 22.1 cm³/mol. The van der Waals surface area contributed by atoms with Gasteiger partial charge in [0.15, 0.2) is 0 Å². The van der Waals surface area contributed by atoms with Crippen LogP contribution in [0.2, 0.25) is 0 Å². The largest absolute Gasteiger partial charge is 0.317 e. The molecule has 0 aromatic rings. The van der Waals surface area contributed by atoms with Crippen LogP contribution in [0, 0.1) is 0 Å².